The normalized spacial score (nSPS) is 11.3. The summed E-state index contributed by atoms with van der Waals surface area (Å²) in [6, 6.07) is 7.22. The second kappa shape index (κ2) is 6.35. The van der Waals surface area contributed by atoms with Gasteiger partial charge in [-0.1, -0.05) is 0 Å². The summed E-state index contributed by atoms with van der Waals surface area (Å²) in [6.07, 6.45) is 1.71. The minimum atomic E-state index is -1.11. The van der Waals surface area contributed by atoms with Crippen molar-refractivity contribution in [2.45, 2.75) is 19.4 Å². The molecule has 0 atom stereocenters. The van der Waals surface area contributed by atoms with Crippen molar-refractivity contribution in [3.8, 4) is 5.75 Å². The van der Waals surface area contributed by atoms with Crippen molar-refractivity contribution in [2.75, 3.05) is 11.9 Å². The summed E-state index contributed by atoms with van der Waals surface area (Å²) in [6.45, 7) is 3.08. The molecule has 7 nitrogen and oxygen atoms in total. The molecule has 0 bridgehead atoms. The van der Waals surface area contributed by atoms with E-state index < -0.39 is 5.54 Å². The Balaban J connectivity index is 2.00. The highest BCUT2D eigenvalue weighted by atomic mass is 79.9. The lowest BCUT2D eigenvalue weighted by molar-refractivity contribution is -0.562. The van der Waals surface area contributed by atoms with Gasteiger partial charge in [0.25, 0.3) is 0 Å². The monoisotopic (exact) mass is 368 g/mol. The first-order valence-corrected chi connectivity index (χ1v) is 7.41. The molecule has 0 unspecified atom stereocenters. The summed E-state index contributed by atoms with van der Waals surface area (Å²) in [7, 11) is 1.84. The fraction of sp³-hybridized carbons (Fsp3) is 0.357. The highest BCUT2D eigenvalue weighted by Crippen LogP contribution is 2.26. The van der Waals surface area contributed by atoms with Gasteiger partial charge in [0.15, 0.2) is 6.61 Å². The first-order chi connectivity index (χ1) is 10.3. The largest absolute Gasteiger partial charge is 0.486 e. The molecule has 1 N–H and O–H groups in total. The van der Waals surface area contributed by atoms with E-state index in [0.717, 1.165) is 16.0 Å². The Labute approximate surface area is 136 Å². The molecule has 0 spiro atoms. The number of nitrogens with one attached hydrogen (secondary N) is 1. The van der Waals surface area contributed by atoms with Crippen molar-refractivity contribution in [3.05, 3.63) is 45.0 Å². The van der Waals surface area contributed by atoms with Gasteiger partial charge in [0.2, 0.25) is 5.54 Å². The number of hydrogen-bond acceptors (Lipinski definition) is 5. The van der Waals surface area contributed by atoms with Gasteiger partial charge < -0.3 is 10.1 Å². The first-order valence-electron chi connectivity index (χ1n) is 6.61. The lowest BCUT2D eigenvalue weighted by Crippen LogP contribution is -2.37. The van der Waals surface area contributed by atoms with E-state index in [-0.39, 0.29) is 11.5 Å². The maximum absolute atomic E-state index is 10.8. The molecule has 22 heavy (non-hydrogen) atoms. The number of halogens is 1. The molecule has 118 valence electrons. The Morgan fingerprint density at radius 1 is 1.41 bits per heavy atom. The Morgan fingerprint density at radius 2 is 2.05 bits per heavy atom. The van der Waals surface area contributed by atoms with E-state index in [4.69, 9.17) is 4.74 Å². The van der Waals surface area contributed by atoms with Crippen LogP contribution in [0.25, 0.3) is 0 Å². The average Bonchev–Trinajstić information content (AvgIpc) is 2.78. The summed E-state index contributed by atoms with van der Waals surface area (Å²) in [5.74, 6) is 1.42. The zero-order valence-corrected chi connectivity index (χ0v) is 14.1. The molecule has 0 amide bonds. The van der Waals surface area contributed by atoms with Crippen molar-refractivity contribution in [1.82, 2.24) is 9.78 Å². The van der Waals surface area contributed by atoms with E-state index in [1.165, 1.54) is 13.8 Å². The van der Waals surface area contributed by atoms with Crippen LogP contribution < -0.4 is 10.1 Å². The van der Waals surface area contributed by atoms with Gasteiger partial charge in [-0.05, 0) is 40.2 Å². The number of benzene rings is 1. The minimum Gasteiger partial charge on any atom is -0.486 e. The molecule has 0 aliphatic heterocycles. The summed E-state index contributed by atoms with van der Waals surface area (Å²) in [5, 5.41) is 18.2. The smallest absolute Gasteiger partial charge is 0.250 e. The maximum atomic E-state index is 10.8. The third-order valence-electron chi connectivity index (χ3n) is 3.10. The summed E-state index contributed by atoms with van der Waals surface area (Å²) < 4.78 is 8.05. The second-order valence-electron chi connectivity index (χ2n) is 5.47. The average molecular weight is 369 g/mol. The van der Waals surface area contributed by atoms with Crippen LogP contribution in [0, 0.1) is 10.1 Å². The zero-order chi connectivity index (χ0) is 16.3. The quantitative estimate of drug-likeness (QED) is 0.624. The molecule has 0 aliphatic carbocycles. The Morgan fingerprint density at radius 3 is 2.55 bits per heavy atom. The van der Waals surface area contributed by atoms with Gasteiger partial charge in [0.05, 0.1) is 10.7 Å². The number of rotatable bonds is 6. The molecule has 8 heteroatoms. The number of hydrogen-bond donors (Lipinski definition) is 1. The third-order valence-corrected chi connectivity index (χ3v) is 3.68. The second-order valence-corrected chi connectivity index (χ2v) is 6.33. The first kappa shape index (κ1) is 16.3. The maximum Gasteiger partial charge on any atom is 0.250 e. The summed E-state index contributed by atoms with van der Waals surface area (Å²) in [4.78, 5) is 10.5. The highest BCUT2D eigenvalue weighted by Gasteiger charge is 2.31. The number of aryl methyl sites for hydroxylation is 1. The van der Waals surface area contributed by atoms with E-state index in [1.54, 1.807) is 23.0 Å². The number of nitrogens with zero attached hydrogens (tertiary/aromatic N) is 3. The molecule has 0 aliphatic rings. The Bertz CT molecular complexity index is 648. The van der Waals surface area contributed by atoms with Crippen LogP contribution >= 0.6 is 15.9 Å². The van der Waals surface area contributed by atoms with E-state index >= 15 is 0 Å². The topological polar surface area (TPSA) is 82.2 Å². The molecule has 0 fully saturated rings. The van der Waals surface area contributed by atoms with Crippen LogP contribution in [-0.4, -0.2) is 26.8 Å². The number of ether oxygens (including phenoxy) is 1. The molecule has 1 heterocycles. The highest BCUT2D eigenvalue weighted by molar-refractivity contribution is 9.10. The van der Waals surface area contributed by atoms with Crippen LogP contribution in [0.3, 0.4) is 0 Å². The standard InChI is InChI=1S/C14H17BrN4O3/c1-14(2,19(20)21)9-22-11-6-4-10(5-7-11)17-13-12(15)8-16-18(13)3/h4-8,17H,9H2,1-3H3. The van der Waals surface area contributed by atoms with Crippen molar-refractivity contribution in [1.29, 1.82) is 0 Å². The molecule has 0 saturated heterocycles. The molecular formula is C14H17BrN4O3. The van der Waals surface area contributed by atoms with Crippen LogP contribution in [0.1, 0.15) is 13.8 Å². The van der Waals surface area contributed by atoms with Crippen LogP contribution in [0.2, 0.25) is 0 Å². The van der Waals surface area contributed by atoms with E-state index in [2.05, 4.69) is 26.3 Å². The van der Waals surface area contributed by atoms with Crippen molar-refractivity contribution < 1.29 is 9.66 Å². The van der Waals surface area contributed by atoms with Gasteiger partial charge in [-0.25, -0.2) is 0 Å². The number of nitro groups is 1. The fourth-order valence-corrected chi connectivity index (χ4v) is 2.08. The van der Waals surface area contributed by atoms with Crippen molar-refractivity contribution in [2.24, 2.45) is 7.05 Å². The molecular weight excluding hydrogens is 352 g/mol. The number of anilines is 2. The van der Waals surface area contributed by atoms with Gasteiger partial charge in [-0.2, -0.15) is 5.10 Å². The summed E-state index contributed by atoms with van der Waals surface area (Å²) >= 11 is 3.41. The van der Waals surface area contributed by atoms with E-state index in [1.807, 2.05) is 19.2 Å². The molecule has 2 rings (SSSR count). The third kappa shape index (κ3) is 3.76. The molecule has 2 aromatic rings. The minimum absolute atomic E-state index is 0.0139. The lowest BCUT2D eigenvalue weighted by Gasteiger charge is -2.16. The zero-order valence-electron chi connectivity index (χ0n) is 12.5. The van der Waals surface area contributed by atoms with Gasteiger partial charge in [-0.15, -0.1) is 0 Å². The van der Waals surface area contributed by atoms with Gasteiger partial charge in [0.1, 0.15) is 11.6 Å². The van der Waals surface area contributed by atoms with Crippen molar-refractivity contribution >= 4 is 27.4 Å². The Kier molecular flexibility index (Phi) is 4.70. The fourth-order valence-electron chi connectivity index (χ4n) is 1.64. The van der Waals surface area contributed by atoms with Crippen LogP contribution in [-0.2, 0) is 7.05 Å². The van der Waals surface area contributed by atoms with Gasteiger partial charge in [-0.3, -0.25) is 14.8 Å². The number of aromatic nitrogens is 2. The molecule has 1 aromatic heterocycles. The van der Waals surface area contributed by atoms with Crippen molar-refractivity contribution in [3.63, 3.8) is 0 Å². The lowest BCUT2D eigenvalue weighted by atomic mass is 10.1. The van der Waals surface area contributed by atoms with Crippen LogP contribution in [0.5, 0.6) is 5.75 Å². The van der Waals surface area contributed by atoms with Gasteiger partial charge in [0, 0.05) is 31.5 Å². The van der Waals surface area contributed by atoms with E-state index in [9.17, 15) is 10.1 Å². The van der Waals surface area contributed by atoms with Crippen LogP contribution in [0.4, 0.5) is 11.5 Å². The predicted molar refractivity (Wildman–Crippen MR) is 87.2 cm³/mol. The molecule has 1 aromatic carbocycles. The molecule has 0 radical (unpaired) electrons. The van der Waals surface area contributed by atoms with Crippen LogP contribution in [0.15, 0.2) is 34.9 Å². The van der Waals surface area contributed by atoms with Gasteiger partial charge >= 0.3 is 0 Å². The Hall–Kier alpha value is -2.09. The SMILES string of the molecule is Cn1ncc(Br)c1Nc1ccc(OCC(C)(C)[N+](=O)[O-])cc1. The summed E-state index contributed by atoms with van der Waals surface area (Å²) in [5.41, 5.74) is -0.249. The molecule has 0 saturated carbocycles. The predicted octanol–water partition coefficient (Wildman–Crippen LogP) is 3.36. The van der Waals surface area contributed by atoms with E-state index in [0.29, 0.717) is 5.75 Å².